The van der Waals surface area contributed by atoms with Gasteiger partial charge in [0.1, 0.15) is 34.8 Å². The van der Waals surface area contributed by atoms with Gasteiger partial charge < -0.3 is 31.5 Å². The second-order valence-electron chi connectivity index (χ2n) is 13.5. The van der Waals surface area contributed by atoms with Gasteiger partial charge in [-0.3, -0.25) is 19.2 Å². The molecule has 0 radical (unpaired) electrons. The van der Waals surface area contributed by atoms with Crippen LogP contribution in [0.25, 0.3) is 0 Å². The zero-order valence-electron chi connectivity index (χ0n) is 31.1. The van der Waals surface area contributed by atoms with Crippen LogP contribution in [-0.4, -0.2) is 34.2 Å². The molecule has 0 heterocycles. The zero-order valence-corrected chi connectivity index (χ0v) is 31.1. The summed E-state index contributed by atoms with van der Waals surface area (Å²) in [4.78, 5) is 71.9. The number of hydrogen-bond donors (Lipinski definition) is 6. The monoisotopic (exact) mass is 776 g/mol. The summed E-state index contributed by atoms with van der Waals surface area (Å²) in [6.45, 7) is 0.372. The molecule has 0 aliphatic heterocycles. The molecule has 12 nitrogen and oxygen atoms in total. The third kappa shape index (κ3) is 9.79. The molecule has 0 spiro atoms. The molecule has 0 saturated heterocycles. The molecule has 6 N–H and O–H groups in total. The second-order valence-corrected chi connectivity index (χ2v) is 13.5. The van der Waals surface area contributed by atoms with Gasteiger partial charge in [0.2, 0.25) is 0 Å². The maximum absolute atomic E-state index is 12.4. The normalized spacial score (nSPS) is 11.9. The Bertz CT molecular complexity index is 2550. The fourth-order valence-electron chi connectivity index (χ4n) is 6.39. The van der Waals surface area contributed by atoms with E-state index in [0.29, 0.717) is 6.54 Å². The number of anilines is 4. The summed E-state index contributed by atoms with van der Waals surface area (Å²) in [6.07, 6.45) is 0.377. The Hall–Kier alpha value is -7.60. The maximum atomic E-state index is 12.4. The summed E-state index contributed by atoms with van der Waals surface area (Å²) in [5, 5.41) is 30.7. The summed E-state index contributed by atoms with van der Waals surface area (Å²) >= 11 is 0. The highest BCUT2D eigenvalue weighted by atomic mass is 16.4. The molecule has 12 heteroatoms. The van der Waals surface area contributed by atoms with Gasteiger partial charge in [-0.15, -0.1) is 0 Å². The van der Waals surface area contributed by atoms with Crippen LogP contribution in [0.2, 0.25) is 0 Å². The number of carbonyl (C=O) groups is 2. The lowest BCUT2D eigenvalue weighted by Gasteiger charge is -2.25. The van der Waals surface area contributed by atoms with Gasteiger partial charge in [-0.1, -0.05) is 152 Å². The number of nitrogens with one attached hydrogen (secondary N) is 4. The lowest BCUT2D eigenvalue weighted by molar-refractivity contribution is -0.138. The highest BCUT2D eigenvalue weighted by Gasteiger charge is 2.29. The van der Waals surface area contributed by atoms with E-state index in [1.54, 1.807) is 0 Å². The molecule has 7 aromatic carbocycles. The zero-order chi connectivity index (χ0) is 41.0. The van der Waals surface area contributed by atoms with Gasteiger partial charge in [-0.2, -0.15) is 0 Å². The van der Waals surface area contributed by atoms with Gasteiger partial charge in [0.25, 0.3) is 21.7 Å². The first kappa shape index (κ1) is 40.1. The van der Waals surface area contributed by atoms with Gasteiger partial charge in [0.15, 0.2) is 0 Å². The lowest BCUT2D eigenvalue weighted by Crippen LogP contribution is -2.42. The standard InChI is InChI=1S/C26H22N2O4.C20H18N2O4/c29-24-22(27-20(26(31)32)16-17-10-4-1-5-11-17)23(25(24)30)28-21(18-12-6-2-7-13-18)19-14-8-3-9-15-19;23-18-16(21-12-14-9-5-2-6-10-14)17(19(18)24)22-15(20(25)26)11-13-7-3-1-4-8-13/h1-15,20-21,27-28H,16H2,(H,31,32);1-10,15,21-22H,11-12H2,(H,25,26)/t20-;15-/m00/s1. The van der Waals surface area contributed by atoms with E-state index in [0.717, 1.165) is 27.8 Å². The smallest absolute Gasteiger partial charge is 0.326 e. The van der Waals surface area contributed by atoms with Crippen molar-refractivity contribution in [3.05, 3.63) is 220 Å². The Morgan fingerprint density at radius 1 is 0.414 bits per heavy atom. The molecule has 0 bridgehead atoms. The van der Waals surface area contributed by atoms with Crippen molar-refractivity contribution in [2.24, 2.45) is 0 Å². The van der Waals surface area contributed by atoms with Crippen molar-refractivity contribution in [3.63, 3.8) is 0 Å². The summed E-state index contributed by atoms with van der Waals surface area (Å²) in [5.74, 6) is -2.19. The average Bonchev–Trinajstić information content (AvgIpc) is 3.26. The molecule has 0 saturated carbocycles. The fourth-order valence-corrected chi connectivity index (χ4v) is 6.39. The van der Waals surface area contributed by atoms with Crippen molar-refractivity contribution in [1.82, 2.24) is 0 Å². The molecule has 0 aliphatic rings. The van der Waals surface area contributed by atoms with E-state index < -0.39 is 45.7 Å². The number of carboxylic acid groups (broad SMARTS) is 2. The number of hydrogen-bond acceptors (Lipinski definition) is 10. The summed E-state index contributed by atoms with van der Waals surface area (Å²) in [7, 11) is 0. The molecule has 2 atom stereocenters. The van der Waals surface area contributed by atoms with Crippen molar-refractivity contribution in [2.75, 3.05) is 21.3 Å². The van der Waals surface area contributed by atoms with Crippen LogP contribution < -0.4 is 43.0 Å². The predicted molar refractivity (Wildman–Crippen MR) is 225 cm³/mol. The number of aliphatic carboxylic acids is 2. The first-order chi connectivity index (χ1) is 28.1. The van der Waals surface area contributed by atoms with Crippen molar-refractivity contribution in [1.29, 1.82) is 0 Å². The van der Waals surface area contributed by atoms with E-state index in [9.17, 15) is 39.0 Å². The third-order valence-corrected chi connectivity index (χ3v) is 9.49. The summed E-state index contributed by atoms with van der Waals surface area (Å²) in [5.41, 5.74) is 2.00. The first-order valence-corrected chi connectivity index (χ1v) is 18.5. The van der Waals surface area contributed by atoms with E-state index in [1.165, 1.54) is 0 Å². The highest BCUT2D eigenvalue weighted by molar-refractivity contribution is 5.84. The maximum Gasteiger partial charge on any atom is 0.326 e. The average molecular weight is 777 g/mol. The van der Waals surface area contributed by atoms with Crippen LogP contribution in [0.5, 0.6) is 0 Å². The fraction of sp³-hybridized carbons (Fsp3) is 0.130. The van der Waals surface area contributed by atoms with E-state index in [2.05, 4.69) is 21.3 Å². The van der Waals surface area contributed by atoms with Crippen LogP contribution >= 0.6 is 0 Å². The minimum Gasteiger partial charge on any atom is -0.480 e. The van der Waals surface area contributed by atoms with E-state index in [4.69, 9.17) is 0 Å². The molecule has 7 aromatic rings. The van der Waals surface area contributed by atoms with Crippen molar-refractivity contribution < 1.29 is 19.8 Å². The molecule has 58 heavy (non-hydrogen) atoms. The van der Waals surface area contributed by atoms with Gasteiger partial charge in [0, 0.05) is 19.4 Å². The van der Waals surface area contributed by atoms with Gasteiger partial charge in [-0.05, 0) is 27.8 Å². The largest absolute Gasteiger partial charge is 0.480 e. The van der Waals surface area contributed by atoms with Crippen LogP contribution in [0, 0.1) is 0 Å². The third-order valence-electron chi connectivity index (χ3n) is 9.49. The topological polar surface area (TPSA) is 191 Å². The van der Waals surface area contributed by atoms with Crippen LogP contribution in [0.4, 0.5) is 22.7 Å². The molecule has 7 rings (SSSR count). The first-order valence-electron chi connectivity index (χ1n) is 18.5. The van der Waals surface area contributed by atoms with E-state index >= 15 is 0 Å². The van der Waals surface area contributed by atoms with Crippen molar-refractivity contribution in [2.45, 2.75) is 37.5 Å². The summed E-state index contributed by atoms with van der Waals surface area (Å²) < 4.78 is 0. The van der Waals surface area contributed by atoms with Gasteiger partial charge in [0.05, 0.1) is 6.04 Å². The lowest BCUT2D eigenvalue weighted by atomic mass is 9.97. The van der Waals surface area contributed by atoms with Crippen molar-refractivity contribution in [3.8, 4) is 0 Å². The molecule has 0 amide bonds. The highest BCUT2D eigenvalue weighted by Crippen LogP contribution is 2.29. The second kappa shape index (κ2) is 18.8. The van der Waals surface area contributed by atoms with Crippen molar-refractivity contribution >= 4 is 34.7 Å². The number of rotatable bonds is 17. The minimum atomic E-state index is -1.10. The Balaban J connectivity index is 0.000000200. The van der Waals surface area contributed by atoms with Gasteiger partial charge in [-0.25, -0.2) is 9.59 Å². The molecule has 292 valence electrons. The minimum absolute atomic E-state index is 0.00944. The molecule has 0 unspecified atom stereocenters. The molecule has 0 aliphatic carbocycles. The molecule has 0 fully saturated rings. The van der Waals surface area contributed by atoms with E-state index in [-0.39, 0.29) is 41.6 Å². The van der Waals surface area contributed by atoms with E-state index in [1.807, 2.05) is 152 Å². The Morgan fingerprint density at radius 3 is 1.10 bits per heavy atom. The van der Waals surface area contributed by atoms with Crippen LogP contribution in [-0.2, 0) is 29.0 Å². The Labute approximate surface area is 332 Å². The summed E-state index contributed by atoms with van der Waals surface area (Å²) in [6, 6.07) is 44.3. The number of benzene rings is 5. The molecule has 0 aromatic heterocycles. The van der Waals surface area contributed by atoms with Gasteiger partial charge >= 0.3 is 11.9 Å². The molecular weight excluding hydrogens is 737 g/mol. The van der Waals surface area contributed by atoms with Crippen LogP contribution in [0.3, 0.4) is 0 Å². The quantitative estimate of drug-likeness (QED) is 0.0630. The Kier molecular flexibility index (Phi) is 13.0. The SMILES string of the molecule is O=C(O)[C@H](Cc1ccccc1)Nc1c(NC(c2ccccc2)c2ccccc2)c(=O)c1=O.O=C(O)[C@H](Cc1ccccc1)Nc1c(NCc2ccccc2)c(=O)c1=O. The predicted octanol–water partition coefficient (Wildman–Crippen LogP) is 5.59. The van der Waals surface area contributed by atoms with Crippen LogP contribution in [0.1, 0.15) is 33.9 Å². The number of carboxylic acids is 2. The molecular formula is C46H40N4O8. The Morgan fingerprint density at radius 2 is 0.724 bits per heavy atom. The van der Waals surface area contributed by atoms with Crippen LogP contribution in [0.15, 0.2) is 171 Å².